The molecule has 5 nitrogen and oxygen atoms in total. The molecule has 1 aromatic carbocycles. The molecule has 0 atom stereocenters. The maximum absolute atomic E-state index is 11.1. The first-order valence-electron chi connectivity index (χ1n) is 7.44. The molecule has 0 saturated carbocycles. The van der Waals surface area contributed by atoms with Crippen LogP contribution in [-0.2, 0) is 29.0 Å². The molecule has 0 N–H and O–H groups in total. The molecular formula is C17H25N3O2RuS2. The van der Waals surface area contributed by atoms with Crippen LogP contribution in [0.15, 0.2) is 24.3 Å². The monoisotopic (exact) mass is 469 g/mol. The van der Waals surface area contributed by atoms with E-state index in [9.17, 15) is 4.79 Å². The van der Waals surface area contributed by atoms with Crippen molar-refractivity contribution in [2.75, 3.05) is 51.2 Å². The number of ether oxygens (including phenoxy) is 1. The summed E-state index contributed by atoms with van der Waals surface area (Å²) in [6.07, 6.45) is 5.71. The summed E-state index contributed by atoms with van der Waals surface area (Å²) in [5.74, 6) is -0.274. The fourth-order valence-electron chi connectivity index (χ4n) is 2.05. The minimum Gasteiger partial charge on any atom is -0.468 e. The number of para-hydroxylation sites is 1. The van der Waals surface area contributed by atoms with Crippen LogP contribution in [0.5, 0.6) is 0 Å². The number of rotatable bonds is 6. The molecule has 0 bridgehead atoms. The van der Waals surface area contributed by atoms with Gasteiger partial charge in [0.15, 0.2) is 0 Å². The second-order valence-electron chi connectivity index (χ2n) is 4.92. The van der Waals surface area contributed by atoms with Crippen LogP contribution in [0.3, 0.4) is 0 Å². The van der Waals surface area contributed by atoms with Crippen molar-refractivity contribution in [3.63, 3.8) is 0 Å². The first-order valence-corrected chi connectivity index (χ1v) is 9.80. The quantitative estimate of drug-likeness (QED) is 0.275. The summed E-state index contributed by atoms with van der Waals surface area (Å²) in [6.45, 7) is 10.2. The Bertz CT molecular complexity index is 524. The third kappa shape index (κ3) is 8.60. The third-order valence-corrected chi connectivity index (χ3v) is 4.88. The van der Waals surface area contributed by atoms with Gasteiger partial charge in [0.25, 0.3) is 0 Å². The van der Waals surface area contributed by atoms with Gasteiger partial charge in [0.1, 0.15) is 6.54 Å². The SMILES string of the molecule is CSN1[CH-]N(SC)CC1.[CH-]=Cc1ccccc1N(C)CC(=O)OC.[Ru+2]. The predicted molar refractivity (Wildman–Crippen MR) is 105 cm³/mol. The van der Waals surface area contributed by atoms with Gasteiger partial charge < -0.3 is 18.2 Å². The van der Waals surface area contributed by atoms with Crippen LogP contribution in [0.4, 0.5) is 5.69 Å². The van der Waals surface area contributed by atoms with Crippen LogP contribution >= 0.6 is 23.9 Å². The molecule has 0 radical (unpaired) electrons. The van der Waals surface area contributed by atoms with Gasteiger partial charge in [0.05, 0.1) is 7.11 Å². The summed E-state index contributed by atoms with van der Waals surface area (Å²) in [6, 6.07) is 7.59. The summed E-state index contributed by atoms with van der Waals surface area (Å²) in [5.41, 5.74) is 1.80. The third-order valence-electron chi connectivity index (χ3n) is 3.39. The minimum atomic E-state index is -0.274. The number of methoxy groups -OCH3 is 1. The van der Waals surface area contributed by atoms with Crippen LogP contribution < -0.4 is 4.90 Å². The number of benzene rings is 1. The molecule has 1 aliphatic heterocycles. The molecule has 1 aromatic rings. The Kier molecular flexibility index (Phi) is 13.4. The first-order chi connectivity index (χ1) is 11.5. The number of carbonyl (C=O) groups excluding carboxylic acids is 1. The minimum absolute atomic E-state index is 0. The van der Waals surface area contributed by atoms with Crippen molar-refractivity contribution < 1.29 is 29.0 Å². The van der Waals surface area contributed by atoms with E-state index in [1.807, 2.05) is 31.3 Å². The number of likely N-dealkylation sites (N-methyl/N-ethyl adjacent to an activating group) is 1. The molecule has 8 heteroatoms. The molecule has 0 unspecified atom stereocenters. The molecule has 0 spiro atoms. The Morgan fingerprint density at radius 3 is 2.32 bits per heavy atom. The van der Waals surface area contributed by atoms with E-state index in [1.165, 1.54) is 13.2 Å². The first kappa shape index (κ1) is 24.5. The number of anilines is 1. The largest absolute Gasteiger partial charge is 2.00 e. The van der Waals surface area contributed by atoms with Gasteiger partial charge in [-0.25, -0.2) is 6.08 Å². The van der Waals surface area contributed by atoms with Crippen LogP contribution in [-0.4, -0.2) is 60.9 Å². The predicted octanol–water partition coefficient (Wildman–Crippen LogP) is 3.02. The van der Waals surface area contributed by atoms with E-state index in [4.69, 9.17) is 6.58 Å². The van der Waals surface area contributed by atoms with E-state index in [0.29, 0.717) is 0 Å². The maximum Gasteiger partial charge on any atom is 2.00 e. The summed E-state index contributed by atoms with van der Waals surface area (Å²) >= 11 is 3.55. The molecule has 1 saturated heterocycles. The van der Waals surface area contributed by atoms with E-state index in [0.717, 1.165) is 24.3 Å². The molecular weight excluding hydrogens is 443 g/mol. The molecule has 0 aliphatic carbocycles. The second kappa shape index (κ2) is 13.6. The van der Waals surface area contributed by atoms with Crippen molar-refractivity contribution in [3.8, 4) is 0 Å². The standard InChI is InChI=1S/C12H14NO2.C5H11N2S2.Ru/c1-4-10-7-5-6-8-11(10)13(2)9-12(14)15-3;1-8-6-3-4-7(5-6)9-2;/h1,4-8H,9H2,2-3H3;5H,3-4H2,1-2H3;/q2*-1;+2. The van der Waals surface area contributed by atoms with Gasteiger partial charge >= 0.3 is 25.4 Å². The zero-order valence-electron chi connectivity index (χ0n) is 15.0. The summed E-state index contributed by atoms with van der Waals surface area (Å²) in [5, 5.41) is 0. The number of hydrogen-bond acceptors (Lipinski definition) is 7. The van der Waals surface area contributed by atoms with Crippen LogP contribution in [0.25, 0.3) is 6.08 Å². The molecule has 1 heterocycles. The van der Waals surface area contributed by atoms with Gasteiger partial charge in [-0.05, 0) is 31.3 Å². The van der Waals surface area contributed by atoms with Crippen LogP contribution in [0, 0.1) is 13.2 Å². The van der Waals surface area contributed by atoms with Gasteiger partial charge in [-0.1, -0.05) is 18.2 Å². The van der Waals surface area contributed by atoms with Gasteiger partial charge in [-0.15, -0.1) is 30.0 Å². The smallest absolute Gasteiger partial charge is 0.468 e. The van der Waals surface area contributed by atoms with E-state index in [2.05, 4.69) is 32.5 Å². The zero-order chi connectivity index (χ0) is 17.9. The maximum atomic E-state index is 11.1. The van der Waals surface area contributed by atoms with Gasteiger partial charge in [-0.2, -0.15) is 12.2 Å². The molecule has 140 valence electrons. The zero-order valence-corrected chi connectivity index (χ0v) is 18.4. The Morgan fingerprint density at radius 2 is 1.88 bits per heavy atom. The van der Waals surface area contributed by atoms with Gasteiger partial charge in [0.2, 0.25) is 0 Å². The van der Waals surface area contributed by atoms with Gasteiger partial charge in [0, 0.05) is 7.05 Å². The van der Waals surface area contributed by atoms with Crippen molar-refractivity contribution in [1.82, 2.24) is 8.61 Å². The fraction of sp³-hybridized carbons (Fsp3) is 0.412. The Hall–Kier alpha value is -0.527. The molecule has 0 amide bonds. The topological polar surface area (TPSA) is 36.0 Å². The summed E-state index contributed by atoms with van der Waals surface area (Å²) in [4.78, 5) is 12.9. The van der Waals surface area contributed by atoms with Crippen LogP contribution in [0.1, 0.15) is 5.56 Å². The average Bonchev–Trinajstić information content (AvgIpc) is 3.10. The Morgan fingerprint density at radius 1 is 1.32 bits per heavy atom. The van der Waals surface area contributed by atoms with E-state index in [1.54, 1.807) is 28.8 Å². The number of hydrogen-bond donors (Lipinski definition) is 0. The second-order valence-corrected chi connectivity index (χ2v) is 6.59. The van der Waals surface area contributed by atoms with Crippen molar-refractivity contribution in [1.29, 1.82) is 0 Å². The van der Waals surface area contributed by atoms with Crippen molar-refractivity contribution in [2.24, 2.45) is 0 Å². The van der Waals surface area contributed by atoms with Gasteiger partial charge in [-0.3, -0.25) is 11.4 Å². The Labute approximate surface area is 173 Å². The number of nitrogens with zero attached hydrogens (tertiary/aromatic N) is 3. The van der Waals surface area contributed by atoms with E-state index >= 15 is 0 Å². The molecule has 25 heavy (non-hydrogen) atoms. The van der Waals surface area contributed by atoms with Crippen molar-refractivity contribution in [2.45, 2.75) is 0 Å². The van der Waals surface area contributed by atoms with Crippen LogP contribution in [0.2, 0.25) is 0 Å². The van der Waals surface area contributed by atoms with Crippen molar-refractivity contribution >= 4 is 41.6 Å². The molecule has 0 aromatic heterocycles. The normalized spacial score (nSPS) is 14.1. The molecule has 2 rings (SSSR count). The number of esters is 1. The molecule has 1 fully saturated rings. The summed E-state index contributed by atoms with van der Waals surface area (Å²) in [7, 11) is 3.19. The molecule has 1 aliphatic rings. The Balaban J connectivity index is 0.000000495. The van der Waals surface area contributed by atoms with Crippen molar-refractivity contribution in [3.05, 3.63) is 43.1 Å². The summed E-state index contributed by atoms with van der Waals surface area (Å²) < 4.78 is 9.06. The number of carbonyl (C=O) groups is 1. The van der Waals surface area contributed by atoms with E-state index in [-0.39, 0.29) is 32.0 Å². The van der Waals surface area contributed by atoms with E-state index < -0.39 is 0 Å². The average molecular weight is 469 g/mol. The fourth-order valence-corrected chi connectivity index (χ4v) is 3.06.